The molecule has 2 N–H and O–H groups in total. The predicted molar refractivity (Wildman–Crippen MR) is 84.5 cm³/mol. The first-order valence-electron chi connectivity index (χ1n) is 7.60. The summed E-state index contributed by atoms with van der Waals surface area (Å²) in [7, 11) is 0. The van der Waals surface area contributed by atoms with Crippen molar-refractivity contribution in [3.63, 3.8) is 0 Å². The number of hydrogen-bond acceptors (Lipinski definition) is 4. The number of rotatable bonds is 4. The van der Waals surface area contributed by atoms with Gasteiger partial charge in [-0.05, 0) is 57.9 Å². The van der Waals surface area contributed by atoms with Gasteiger partial charge in [0.1, 0.15) is 0 Å². The lowest BCUT2D eigenvalue weighted by molar-refractivity contribution is -0.384. The van der Waals surface area contributed by atoms with E-state index in [1.165, 1.54) is 12.1 Å². The predicted octanol–water partition coefficient (Wildman–Crippen LogP) is 2.33. The molecule has 0 bridgehead atoms. The quantitative estimate of drug-likeness (QED) is 0.660. The third-order valence-electron chi connectivity index (χ3n) is 4.23. The molecule has 0 aliphatic carbocycles. The summed E-state index contributed by atoms with van der Waals surface area (Å²) in [6.07, 6.45) is 1.68. The van der Waals surface area contributed by atoms with Gasteiger partial charge in [-0.15, -0.1) is 0 Å². The molecule has 1 heterocycles. The summed E-state index contributed by atoms with van der Waals surface area (Å²) in [6, 6.07) is 6.69. The summed E-state index contributed by atoms with van der Waals surface area (Å²) in [5.74, 6) is 0.0743. The number of non-ortho nitro benzene ring substituents is 1. The first-order chi connectivity index (χ1) is 10.3. The minimum Gasteiger partial charge on any atom is -0.347 e. The van der Waals surface area contributed by atoms with Crippen molar-refractivity contribution >= 4 is 11.6 Å². The van der Waals surface area contributed by atoms with E-state index >= 15 is 0 Å². The summed E-state index contributed by atoms with van der Waals surface area (Å²) in [6.45, 7) is 6.77. The number of hydrogen-bond donors (Lipinski definition) is 2. The van der Waals surface area contributed by atoms with Gasteiger partial charge in [-0.25, -0.2) is 0 Å². The highest BCUT2D eigenvalue weighted by Crippen LogP contribution is 2.25. The van der Waals surface area contributed by atoms with Gasteiger partial charge in [0.15, 0.2) is 0 Å². The van der Waals surface area contributed by atoms with Crippen LogP contribution in [0, 0.1) is 16.0 Å². The van der Waals surface area contributed by atoms with Crippen LogP contribution in [0.15, 0.2) is 24.3 Å². The van der Waals surface area contributed by atoms with Crippen LogP contribution in [0.25, 0.3) is 0 Å². The molecule has 2 rings (SSSR count). The Hall–Kier alpha value is -1.95. The molecule has 1 aliphatic heterocycles. The van der Waals surface area contributed by atoms with Crippen molar-refractivity contribution in [2.45, 2.75) is 45.2 Å². The first-order valence-corrected chi connectivity index (χ1v) is 7.60. The van der Waals surface area contributed by atoms with Crippen LogP contribution in [0.4, 0.5) is 5.69 Å². The van der Waals surface area contributed by atoms with Gasteiger partial charge in [0.05, 0.1) is 10.5 Å². The average molecular weight is 305 g/mol. The van der Waals surface area contributed by atoms with E-state index in [1.807, 2.05) is 13.8 Å². The fraction of sp³-hybridized carbons (Fsp3) is 0.562. The lowest BCUT2D eigenvalue weighted by Crippen LogP contribution is -2.48. The highest BCUT2D eigenvalue weighted by molar-refractivity contribution is 5.79. The Labute approximate surface area is 130 Å². The second-order valence-corrected chi connectivity index (χ2v) is 6.49. The van der Waals surface area contributed by atoms with Crippen LogP contribution in [0.1, 0.15) is 39.2 Å². The van der Waals surface area contributed by atoms with E-state index < -0.39 is 10.5 Å². The molecule has 1 aromatic rings. The smallest absolute Gasteiger partial charge is 0.269 e. The first kappa shape index (κ1) is 16.4. The number of benzene rings is 1. The zero-order valence-corrected chi connectivity index (χ0v) is 13.3. The van der Waals surface area contributed by atoms with Crippen molar-refractivity contribution in [3.8, 4) is 0 Å². The molecular weight excluding hydrogens is 282 g/mol. The van der Waals surface area contributed by atoms with Gasteiger partial charge in [-0.3, -0.25) is 14.9 Å². The van der Waals surface area contributed by atoms with Crippen LogP contribution in [0.3, 0.4) is 0 Å². The van der Waals surface area contributed by atoms with Gasteiger partial charge < -0.3 is 10.6 Å². The van der Waals surface area contributed by atoms with Crippen LogP contribution in [-0.4, -0.2) is 23.4 Å². The van der Waals surface area contributed by atoms with E-state index in [0.717, 1.165) is 24.9 Å². The minimum absolute atomic E-state index is 0.0218. The molecule has 6 nitrogen and oxygen atoms in total. The van der Waals surface area contributed by atoms with Crippen molar-refractivity contribution in [2.24, 2.45) is 5.92 Å². The summed E-state index contributed by atoms with van der Waals surface area (Å²) in [4.78, 5) is 22.7. The lowest BCUT2D eigenvalue weighted by atomic mass is 9.89. The van der Waals surface area contributed by atoms with Crippen molar-refractivity contribution in [2.75, 3.05) is 6.54 Å². The maximum absolute atomic E-state index is 12.5. The molecule has 0 unspecified atom stereocenters. The van der Waals surface area contributed by atoms with Gasteiger partial charge in [-0.2, -0.15) is 0 Å². The SMILES string of the molecule is C[C@H]1C[C@@H](C(=O)NC(C)(C)c2ccc([N+](=O)[O-])cc2)CCN1. The molecule has 120 valence electrons. The summed E-state index contributed by atoms with van der Waals surface area (Å²) >= 11 is 0. The Kier molecular flexibility index (Phi) is 4.81. The van der Waals surface area contributed by atoms with Crippen molar-refractivity contribution in [1.29, 1.82) is 0 Å². The summed E-state index contributed by atoms with van der Waals surface area (Å²) in [5, 5.41) is 17.1. The zero-order chi connectivity index (χ0) is 16.3. The van der Waals surface area contributed by atoms with Crippen LogP contribution >= 0.6 is 0 Å². The number of carbonyl (C=O) groups is 1. The van der Waals surface area contributed by atoms with Crippen LogP contribution in [-0.2, 0) is 10.3 Å². The molecule has 1 saturated heterocycles. The fourth-order valence-electron chi connectivity index (χ4n) is 2.85. The second kappa shape index (κ2) is 6.44. The lowest BCUT2D eigenvalue weighted by Gasteiger charge is -2.32. The standard InChI is InChI=1S/C16H23N3O3/c1-11-10-12(8-9-17-11)15(20)18-16(2,3)13-4-6-14(7-5-13)19(21)22/h4-7,11-12,17H,8-10H2,1-3H3,(H,18,20)/t11-,12-/m0/s1. The number of nitro groups is 1. The monoisotopic (exact) mass is 305 g/mol. The van der Waals surface area contributed by atoms with E-state index in [9.17, 15) is 14.9 Å². The third-order valence-corrected chi connectivity index (χ3v) is 4.23. The highest BCUT2D eigenvalue weighted by atomic mass is 16.6. The molecule has 6 heteroatoms. The number of amides is 1. The Balaban J connectivity index is 2.06. The number of nitro benzene ring substituents is 1. The molecular formula is C16H23N3O3. The molecule has 1 aromatic carbocycles. The van der Waals surface area contributed by atoms with E-state index in [-0.39, 0.29) is 17.5 Å². The normalized spacial score (nSPS) is 22.1. The number of nitrogens with zero attached hydrogens (tertiary/aromatic N) is 1. The van der Waals surface area contributed by atoms with Crippen LogP contribution in [0.2, 0.25) is 0 Å². The van der Waals surface area contributed by atoms with Gasteiger partial charge in [0.25, 0.3) is 5.69 Å². The number of piperidine rings is 1. The highest BCUT2D eigenvalue weighted by Gasteiger charge is 2.30. The molecule has 0 aromatic heterocycles. The van der Waals surface area contributed by atoms with Crippen molar-refractivity contribution in [1.82, 2.24) is 10.6 Å². The van der Waals surface area contributed by atoms with Gasteiger partial charge in [0.2, 0.25) is 5.91 Å². The molecule has 0 radical (unpaired) electrons. The van der Waals surface area contributed by atoms with E-state index in [2.05, 4.69) is 17.6 Å². The summed E-state index contributed by atoms with van der Waals surface area (Å²) in [5.41, 5.74) is 0.354. The molecule has 0 spiro atoms. The molecule has 0 saturated carbocycles. The molecule has 1 amide bonds. The topological polar surface area (TPSA) is 84.3 Å². The molecule has 1 aliphatic rings. The average Bonchev–Trinajstić information content (AvgIpc) is 2.47. The summed E-state index contributed by atoms with van der Waals surface area (Å²) < 4.78 is 0. The van der Waals surface area contributed by atoms with E-state index in [1.54, 1.807) is 12.1 Å². The fourth-order valence-corrected chi connectivity index (χ4v) is 2.85. The van der Waals surface area contributed by atoms with E-state index in [0.29, 0.717) is 6.04 Å². The Morgan fingerprint density at radius 3 is 2.55 bits per heavy atom. The maximum Gasteiger partial charge on any atom is 0.269 e. The third kappa shape index (κ3) is 3.82. The Bertz CT molecular complexity index is 554. The van der Waals surface area contributed by atoms with Crippen LogP contribution < -0.4 is 10.6 Å². The molecule has 1 fully saturated rings. The zero-order valence-electron chi connectivity index (χ0n) is 13.3. The molecule has 2 atom stereocenters. The number of carbonyl (C=O) groups excluding carboxylic acids is 1. The van der Waals surface area contributed by atoms with Gasteiger partial charge in [-0.1, -0.05) is 0 Å². The second-order valence-electron chi connectivity index (χ2n) is 6.49. The van der Waals surface area contributed by atoms with E-state index in [4.69, 9.17) is 0 Å². The molecule has 22 heavy (non-hydrogen) atoms. The largest absolute Gasteiger partial charge is 0.347 e. The van der Waals surface area contributed by atoms with Crippen molar-refractivity contribution < 1.29 is 9.72 Å². The number of nitrogens with one attached hydrogen (secondary N) is 2. The van der Waals surface area contributed by atoms with Crippen molar-refractivity contribution in [3.05, 3.63) is 39.9 Å². The maximum atomic E-state index is 12.5. The Morgan fingerprint density at radius 1 is 1.36 bits per heavy atom. The van der Waals surface area contributed by atoms with Gasteiger partial charge in [0, 0.05) is 24.1 Å². The van der Waals surface area contributed by atoms with Crippen LogP contribution in [0.5, 0.6) is 0 Å². The minimum atomic E-state index is -0.555. The Morgan fingerprint density at radius 2 is 2.00 bits per heavy atom. The van der Waals surface area contributed by atoms with Gasteiger partial charge >= 0.3 is 0 Å².